The zero-order chi connectivity index (χ0) is 15.9. The minimum atomic E-state index is -0.239. The molecule has 0 saturated heterocycles. The van der Waals surface area contributed by atoms with Crippen molar-refractivity contribution in [3.8, 4) is 0 Å². The first-order valence-corrected chi connectivity index (χ1v) is 8.23. The summed E-state index contributed by atoms with van der Waals surface area (Å²) in [6.07, 6.45) is 4.63. The Balaban J connectivity index is 1.84. The number of nitrogens with one attached hydrogen (secondary N) is 2. The smallest absolute Gasteiger partial charge is 0.242 e. The maximum Gasteiger partial charge on any atom is 0.242 e. The average molecular weight is 304 g/mol. The number of hydrogen-bond acceptors (Lipinski definition) is 3. The molecule has 122 valence electrons. The standard InChI is InChI=1S/C18H28N2O2/c1-13-7-9-16(10-8-13)20-18(21)14(2)19-17-6-4-5-15(11-17)12-22-3/h4-6,11,13-14,16,19H,7-10,12H2,1-3H3,(H,20,21). The van der Waals surface area contributed by atoms with Crippen molar-refractivity contribution >= 4 is 11.6 Å². The number of rotatable bonds is 6. The molecule has 22 heavy (non-hydrogen) atoms. The fourth-order valence-corrected chi connectivity index (χ4v) is 2.96. The van der Waals surface area contributed by atoms with Crippen molar-refractivity contribution in [3.63, 3.8) is 0 Å². The molecular formula is C18H28N2O2. The molecule has 1 aliphatic carbocycles. The number of carbonyl (C=O) groups is 1. The molecule has 1 saturated carbocycles. The first-order valence-electron chi connectivity index (χ1n) is 8.23. The molecule has 0 spiro atoms. The zero-order valence-corrected chi connectivity index (χ0v) is 13.9. The van der Waals surface area contributed by atoms with Crippen LogP contribution in [0.15, 0.2) is 24.3 Å². The molecule has 1 unspecified atom stereocenters. The van der Waals surface area contributed by atoms with Crippen molar-refractivity contribution in [1.29, 1.82) is 0 Å². The van der Waals surface area contributed by atoms with Crippen LogP contribution in [0.25, 0.3) is 0 Å². The molecule has 0 bridgehead atoms. The van der Waals surface area contributed by atoms with Crippen molar-refractivity contribution in [3.05, 3.63) is 29.8 Å². The van der Waals surface area contributed by atoms with Gasteiger partial charge >= 0.3 is 0 Å². The number of methoxy groups -OCH3 is 1. The Morgan fingerprint density at radius 1 is 1.32 bits per heavy atom. The lowest BCUT2D eigenvalue weighted by Gasteiger charge is -2.28. The minimum absolute atomic E-state index is 0.0803. The summed E-state index contributed by atoms with van der Waals surface area (Å²) in [5, 5.41) is 6.44. The van der Waals surface area contributed by atoms with Crippen LogP contribution in [0.4, 0.5) is 5.69 Å². The van der Waals surface area contributed by atoms with Gasteiger partial charge in [-0.1, -0.05) is 19.1 Å². The van der Waals surface area contributed by atoms with Gasteiger partial charge < -0.3 is 15.4 Å². The first-order chi connectivity index (χ1) is 10.6. The van der Waals surface area contributed by atoms with Crippen LogP contribution in [0.5, 0.6) is 0 Å². The van der Waals surface area contributed by atoms with Crippen LogP contribution < -0.4 is 10.6 Å². The van der Waals surface area contributed by atoms with Gasteiger partial charge in [-0.15, -0.1) is 0 Å². The Kier molecular flexibility index (Phi) is 6.25. The van der Waals surface area contributed by atoms with E-state index in [2.05, 4.69) is 17.6 Å². The van der Waals surface area contributed by atoms with E-state index < -0.39 is 0 Å². The molecule has 1 fully saturated rings. The summed E-state index contributed by atoms with van der Waals surface area (Å²) in [5.74, 6) is 0.879. The van der Waals surface area contributed by atoms with E-state index in [4.69, 9.17) is 4.74 Å². The number of hydrogen-bond donors (Lipinski definition) is 2. The Bertz CT molecular complexity index is 482. The third kappa shape index (κ3) is 5.02. The van der Waals surface area contributed by atoms with E-state index in [1.54, 1.807) is 7.11 Å². The predicted molar refractivity (Wildman–Crippen MR) is 89.8 cm³/mol. The summed E-state index contributed by atoms with van der Waals surface area (Å²) in [4.78, 5) is 12.3. The van der Waals surface area contributed by atoms with Crippen molar-refractivity contribution in [2.24, 2.45) is 5.92 Å². The summed E-state index contributed by atoms with van der Waals surface area (Å²) >= 11 is 0. The van der Waals surface area contributed by atoms with Gasteiger partial charge in [0.2, 0.25) is 5.91 Å². The monoisotopic (exact) mass is 304 g/mol. The SMILES string of the molecule is COCc1cccc(NC(C)C(=O)NC2CCC(C)CC2)c1. The maximum absolute atomic E-state index is 12.3. The van der Waals surface area contributed by atoms with Crippen LogP contribution in [0.3, 0.4) is 0 Å². The third-order valence-electron chi connectivity index (χ3n) is 4.38. The Labute approximate surface area is 133 Å². The van der Waals surface area contributed by atoms with Crippen molar-refractivity contribution < 1.29 is 9.53 Å². The molecule has 0 aromatic heterocycles. The molecular weight excluding hydrogens is 276 g/mol. The Hall–Kier alpha value is -1.55. The van der Waals surface area contributed by atoms with Crippen LogP contribution in [0, 0.1) is 5.92 Å². The number of benzene rings is 1. The second kappa shape index (κ2) is 8.18. The van der Waals surface area contributed by atoms with E-state index in [1.807, 2.05) is 31.2 Å². The van der Waals surface area contributed by atoms with E-state index in [0.717, 1.165) is 30.0 Å². The topological polar surface area (TPSA) is 50.4 Å². The normalized spacial score (nSPS) is 22.9. The highest BCUT2D eigenvalue weighted by Gasteiger charge is 2.22. The Morgan fingerprint density at radius 3 is 2.73 bits per heavy atom. The van der Waals surface area contributed by atoms with Crippen LogP contribution >= 0.6 is 0 Å². The largest absolute Gasteiger partial charge is 0.380 e. The van der Waals surface area contributed by atoms with Gasteiger partial charge in [0.1, 0.15) is 6.04 Å². The zero-order valence-electron chi connectivity index (χ0n) is 13.9. The molecule has 1 aromatic carbocycles. The summed E-state index contributed by atoms with van der Waals surface area (Å²) in [6.45, 7) is 4.77. The highest BCUT2D eigenvalue weighted by molar-refractivity contribution is 5.84. The molecule has 1 aromatic rings. The van der Waals surface area contributed by atoms with Crippen LogP contribution in [-0.4, -0.2) is 25.1 Å². The highest BCUT2D eigenvalue weighted by Crippen LogP contribution is 2.23. The molecule has 4 heteroatoms. The fourth-order valence-electron chi connectivity index (χ4n) is 2.96. The lowest BCUT2D eigenvalue weighted by molar-refractivity contribution is -0.122. The number of anilines is 1. The summed E-state index contributed by atoms with van der Waals surface area (Å²) in [7, 11) is 1.68. The van der Waals surface area contributed by atoms with Gasteiger partial charge in [-0.25, -0.2) is 0 Å². The second-order valence-corrected chi connectivity index (χ2v) is 6.46. The van der Waals surface area contributed by atoms with Crippen LogP contribution in [0.1, 0.15) is 45.1 Å². The molecule has 0 aliphatic heterocycles. The molecule has 1 aliphatic rings. The summed E-state index contributed by atoms with van der Waals surface area (Å²) in [5.41, 5.74) is 2.05. The maximum atomic E-state index is 12.3. The number of ether oxygens (including phenoxy) is 1. The van der Waals surface area contributed by atoms with E-state index >= 15 is 0 Å². The van der Waals surface area contributed by atoms with Gasteiger partial charge in [0.05, 0.1) is 6.61 Å². The van der Waals surface area contributed by atoms with E-state index in [-0.39, 0.29) is 11.9 Å². The number of amides is 1. The van der Waals surface area contributed by atoms with Gasteiger partial charge in [0, 0.05) is 18.8 Å². The first kappa shape index (κ1) is 16.8. The van der Waals surface area contributed by atoms with Crippen LogP contribution in [0.2, 0.25) is 0 Å². The number of carbonyl (C=O) groups excluding carboxylic acids is 1. The molecule has 2 rings (SSSR count). The molecule has 1 atom stereocenters. The van der Waals surface area contributed by atoms with Gasteiger partial charge in [0.15, 0.2) is 0 Å². The lowest BCUT2D eigenvalue weighted by Crippen LogP contribution is -2.44. The van der Waals surface area contributed by atoms with Crippen LogP contribution in [-0.2, 0) is 16.1 Å². The highest BCUT2D eigenvalue weighted by atomic mass is 16.5. The lowest BCUT2D eigenvalue weighted by atomic mass is 9.87. The quantitative estimate of drug-likeness (QED) is 0.847. The van der Waals surface area contributed by atoms with Crippen molar-refractivity contribution in [1.82, 2.24) is 5.32 Å². The van der Waals surface area contributed by atoms with Gasteiger partial charge in [-0.2, -0.15) is 0 Å². The van der Waals surface area contributed by atoms with Gasteiger partial charge in [-0.05, 0) is 56.2 Å². The average Bonchev–Trinajstić information content (AvgIpc) is 2.50. The molecule has 0 radical (unpaired) electrons. The second-order valence-electron chi connectivity index (χ2n) is 6.46. The minimum Gasteiger partial charge on any atom is -0.380 e. The fraction of sp³-hybridized carbons (Fsp3) is 0.611. The van der Waals surface area contributed by atoms with E-state index in [1.165, 1.54) is 12.8 Å². The molecule has 2 N–H and O–H groups in total. The molecule has 1 amide bonds. The van der Waals surface area contributed by atoms with Gasteiger partial charge in [0.25, 0.3) is 0 Å². The van der Waals surface area contributed by atoms with E-state index in [9.17, 15) is 4.79 Å². The summed E-state index contributed by atoms with van der Waals surface area (Å²) < 4.78 is 5.14. The van der Waals surface area contributed by atoms with Gasteiger partial charge in [-0.3, -0.25) is 4.79 Å². The third-order valence-corrected chi connectivity index (χ3v) is 4.38. The molecule has 0 heterocycles. The van der Waals surface area contributed by atoms with E-state index in [0.29, 0.717) is 12.6 Å². The van der Waals surface area contributed by atoms with Crippen molar-refractivity contribution in [2.45, 2.75) is 58.2 Å². The predicted octanol–water partition coefficient (Wildman–Crippen LogP) is 3.33. The van der Waals surface area contributed by atoms with Crippen molar-refractivity contribution in [2.75, 3.05) is 12.4 Å². The molecule has 4 nitrogen and oxygen atoms in total. The summed E-state index contributed by atoms with van der Waals surface area (Å²) in [6, 6.07) is 8.10. The Morgan fingerprint density at radius 2 is 2.05 bits per heavy atom.